The Kier molecular flexibility index (Phi) is 8.30. The van der Waals surface area contributed by atoms with Crippen LogP contribution in [0.4, 0.5) is 5.69 Å². The topological polar surface area (TPSA) is 103 Å². The normalized spacial score (nSPS) is 11.5. The molecule has 2 aromatic carbocycles. The van der Waals surface area contributed by atoms with Crippen LogP contribution in [0.25, 0.3) is 11.4 Å². The zero-order chi connectivity index (χ0) is 23.1. The van der Waals surface area contributed by atoms with Crippen LogP contribution in [0.15, 0.2) is 53.7 Å². The number of nitrogens with one attached hydrogen (secondary N) is 1. The Hall–Kier alpha value is -2.40. The van der Waals surface area contributed by atoms with E-state index in [0.29, 0.717) is 40.4 Å². The van der Waals surface area contributed by atoms with Crippen LogP contribution in [-0.2, 0) is 21.3 Å². The summed E-state index contributed by atoms with van der Waals surface area (Å²) in [5.74, 6) is 0.688. The van der Waals surface area contributed by atoms with Gasteiger partial charge < -0.3 is 9.30 Å². The second-order valence-electron chi connectivity index (χ2n) is 6.95. The number of rotatable bonds is 11. The first-order valence-corrected chi connectivity index (χ1v) is 12.9. The van der Waals surface area contributed by atoms with Crippen LogP contribution >= 0.6 is 23.4 Å². The molecule has 8 nitrogen and oxygen atoms in total. The molecule has 0 saturated carbocycles. The van der Waals surface area contributed by atoms with Gasteiger partial charge in [-0.05, 0) is 42.8 Å². The second kappa shape index (κ2) is 11.0. The van der Waals surface area contributed by atoms with E-state index in [0.717, 1.165) is 18.2 Å². The summed E-state index contributed by atoms with van der Waals surface area (Å²) >= 11 is 7.64. The van der Waals surface area contributed by atoms with Gasteiger partial charge in [0.1, 0.15) is 0 Å². The Morgan fingerprint density at radius 2 is 1.88 bits per heavy atom. The quantitative estimate of drug-likeness (QED) is 0.244. The van der Waals surface area contributed by atoms with Crippen molar-refractivity contribution in [2.45, 2.75) is 18.1 Å². The van der Waals surface area contributed by atoms with Crippen molar-refractivity contribution in [3.8, 4) is 11.4 Å². The number of methoxy groups -OCH3 is 1. The third-order valence-corrected chi connectivity index (χ3v) is 6.31. The van der Waals surface area contributed by atoms with Crippen molar-refractivity contribution in [2.75, 3.05) is 30.4 Å². The van der Waals surface area contributed by atoms with Crippen LogP contribution < -0.4 is 4.72 Å². The summed E-state index contributed by atoms with van der Waals surface area (Å²) in [6, 6.07) is 13.7. The Bertz CT molecular complexity index is 1180. The third-order valence-electron chi connectivity index (χ3n) is 4.40. The van der Waals surface area contributed by atoms with E-state index >= 15 is 0 Å². The summed E-state index contributed by atoms with van der Waals surface area (Å²) in [6.07, 6.45) is 1.82. The van der Waals surface area contributed by atoms with Gasteiger partial charge in [0.2, 0.25) is 10.0 Å². The molecule has 0 unspecified atom stereocenters. The maximum absolute atomic E-state index is 12.7. The monoisotopic (exact) mass is 494 g/mol. The number of halogens is 1. The second-order valence-corrected chi connectivity index (χ2v) is 10.0. The number of carbonyl (C=O) groups excluding carboxylic acids is 1. The molecular weight excluding hydrogens is 472 g/mol. The molecule has 1 heterocycles. The van der Waals surface area contributed by atoms with Gasteiger partial charge in [-0.15, -0.1) is 10.2 Å². The molecular formula is C21H23ClN4O4S2. The first kappa shape index (κ1) is 24.2. The summed E-state index contributed by atoms with van der Waals surface area (Å²) in [5, 5.41) is 9.78. The summed E-state index contributed by atoms with van der Waals surface area (Å²) in [7, 11) is -1.73. The minimum absolute atomic E-state index is 0.105. The van der Waals surface area contributed by atoms with Crippen molar-refractivity contribution >= 4 is 44.9 Å². The molecule has 0 radical (unpaired) electrons. The van der Waals surface area contributed by atoms with Gasteiger partial charge in [-0.2, -0.15) is 0 Å². The van der Waals surface area contributed by atoms with Crippen molar-refractivity contribution in [3.05, 3.63) is 59.1 Å². The van der Waals surface area contributed by atoms with Gasteiger partial charge in [-0.25, -0.2) is 8.42 Å². The number of anilines is 1. The van der Waals surface area contributed by atoms with Crippen LogP contribution in [0.5, 0.6) is 0 Å². The molecule has 3 aromatic rings. The molecule has 0 fully saturated rings. The van der Waals surface area contributed by atoms with Gasteiger partial charge in [0.15, 0.2) is 16.8 Å². The molecule has 32 heavy (non-hydrogen) atoms. The van der Waals surface area contributed by atoms with Crippen LogP contribution in [-0.4, -0.2) is 54.7 Å². The zero-order valence-electron chi connectivity index (χ0n) is 17.6. The lowest BCUT2D eigenvalue weighted by Crippen LogP contribution is -2.10. The zero-order valence-corrected chi connectivity index (χ0v) is 20.0. The highest BCUT2D eigenvalue weighted by Gasteiger charge is 2.18. The van der Waals surface area contributed by atoms with E-state index in [1.165, 1.54) is 11.8 Å². The highest BCUT2D eigenvalue weighted by atomic mass is 35.5. The van der Waals surface area contributed by atoms with Crippen molar-refractivity contribution in [3.63, 3.8) is 0 Å². The number of sulfonamides is 1. The average Bonchev–Trinajstić information content (AvgIpc) is 3.14. The van der Waals surface area contributed by atoms with Crippen molar-refractivity contribution in [1.82, 2.24) is 14.8 Å². The first-order valence-electron chi connectivity index (χ1n) is 9.69. The maximum Gasteiger partial charge on any atom is 0.229 e. The van der Waals surface area contributed by atoms with Crippen LogP contribution in [0, 0.1) is 0 Å². The van der Waals surface area contributed by atoms with E-state index in [9.17, 15) is 13.2 Å². The smallest absolute Gasteiger partial charge is 0.229 e. The average molecular weight is 495 g/mol. The highest BCUT2D eigenvalue weighted by molar-refractivity contribution is 7.99. The summed E-state index contributed by atoms with van der Waals surface area (Å²) in [4.78, 5) is 12.7. The highest BCUT2D eigenvalue weighted by Crippen LogP contribution is 2.29. The van der Waals surface area contributed by atoms with Crippen molar-refractivity contribution in [1.29, 1.82) is 0 Å². The minimum Gasteiger partial charge on any atom is -0.385 e. The largest absolute Gasteiger partial charge is 0.385 e. The number of Topliss-reactive ketones (excluding diaryl/α,β-unsaturated/α-hetero) is 1. The number of ketones is 1. The lowest BCUT2D eigenvalue weighted by Gasteiger charge is -2.11. The molecule has 3 rings (SSSR count). The molecule has 0 atom stereocenters. The Labute approximate surface area is 196 Å². The Balaban J connectivity index is 1.75. The summed E-state index contributed by atoms with van der Waals surface area (Å²) in [5.41, 5.74) is 1.65. The molecule has 0 aliphatic heterocycles. The van der Waals surface area contributed by atoms with E-state index in [1.807, 2.05) is 22.8 Å². The summed E-state index contributed by atoms with van der Waals surface area (Å²) in [6.45, 7) is 1.20. The number of hydrogen-bond donors (Lipinski definition) is 1. The number of nitrogens with zero attached hydrogens (tertiary/aromatic N) is 3. The van der Waals surface area contributed by atoms with Crippen LogP contribution in [0.1, 0.15) is 16.8 Å². The lowest BCUT2D eigenvalue weighted by molar-refractivity contribution is 0.102. The molecule has 0 bridgehead atoms. The van der Waals surface area contributed by atoms with E-state index in [1.54, 1.807) is 37.4 Å². The fraction of sp³-hybridized carbons (Fsp3) is 0.286. The standard InChI is InChI=1S/C21H23ClN4O4S2/c1-30-13-5-12-26-20(17-6-3-4-7-18(17)22)23-24-21(26)31-14-19(27)15-8-10-16(11-9-15)25-32(2,28)29/h3-4,6-11,25H,5,12-14H2,1-2H3. The summed E-state index contributed by atoms with van der Waals surface area (Å²) < 4.78 is 32.1. The number of hydrogen-bond acceptors (Lipinski definition) is 7. The van der Waals surface area contributed by atoms with Gasteiger partial charge in [0.25, 0.3) is 0 Å². The first-order chi connectivity index (χ1) is 15.3. The van der Waals surface area contributed by atoms with E-state index in [4.69, 9.17) is 16.3 Å². The molecule has 1 N–H and O–H groups in total. The minimum atomic E-state index is -3.37. The lowest BCUT2D eigenvalue weighted by atomic mass is 10.1. The van der Waals surface area contributed by atoms with Gasteiger partial charge in [0, 0.05) is 37.1 Å². The van der Waals surface area contributed by atoms with E-state index < -0.39 is 10.0 Å². The molecule has 170 valence electrons. The number of benzene rings is 2. The van der Waals surface area contributed by atoms with Gasteiger partial charge >= 0.3 is 0 Å². The molecule has 0 saturated heterocycles. The SMILES string of the molecule is COCCCn1c(SCC(=O)c2ccc(NS(C)(=O)=O)cc2)nnc1-c1ccccc1Cl. The molecule has 0 aliphatic carbocycles. The van der Waals surface area contributed by atoms with Crippen LogP contribution in [0.2, 0.25) is 5.02 Å². The van der Waals surface area contributed by atoms with Gasteiger partial charge in [-0.3, -0.25) is 9.52 Å². The fourth-order valence-electron chi connectivity index (χ4n) is 2.96. The van der Waals surface area contributed by atoms with Crippen molar-refractivity contribution < 1.29 is 17.9 Å². The van der Waals surface area contributed by atoms with Gasteiger partial charge in [0.05, 0.1) is 17.0 Å². The predicted molar refractivity (Wildman–Crippen MR) is 127 cm³/mol. The molecule has 1 aromatic heterocycles. The molecule has 0 spiro atoms. The number of thioether (sulfide) groups is 1. The molecule has 0 amide bonds. The van der Waals surface area contributed by atoms with E-state index in [-0.39, 0.29) is 11.5 Å². The molecule has 0 aliphatic rings. The third kappa shape index (κ3) is 6.55. The number of carbonyl (C=O) groups is 1. The van der Waals surface area contributed by atoms with Gasteiger partial charge in [-0.1, -0.05) is 35.5 Å². The number of ether oxygens (including phenoxy) is 1. The predicted octanol–water partition coefficient (Wildman–Crippen LogP) is 3.98. The molecule has 11 heteroatoms. The number of aromatic nitrogens is 3. The Morgan fingerprint density at radius 1 is 1.16 bits per heavy atom. The van der Waals surface area contributed by atoms with Crippen LogP contribution in [0.3, 0.4) is 0 Å². The Morgan fingerprint density at radius 3 is 2.53 bits per heavy atom. The fourth-order valence-corrected chi connectivity index (χ4v) is 4.60. The van der Waals surface area contributed by atoms with Crippen molar-refractivity contribution in [2.24, 2.45) is 0 Å². The maximum atomic E-state index is 12.7. The van der Waals surface area contributed by atoms with E-state index in [2.05, 4.69) is 14.9 Å².